The number of hydrogen-bond donors (Lipinski definition) is 2. The third-order valence-electron chi connectivity index (χ3n) is 6.90. The summed E-state index contributed by atoms with van der Waals surface area (Å²) in [6.07, 6.45) is -1.15. The van der Waals surface area contributed by atoms with E-state index in [1.807, 2.05) is 0 Å². The maximum Gasteiger partial charge on any atom is 0.410 e. The number of aliphatic hydroxyl groups excluding tert-OH is 1. The van der Waals surface area contributed by atoms with Crippen LogP contribution < -0.4 is 5.32 Å². The number of ether oxygens (including phenoxy) is 1. The SMILES string of the molecule is CC(C)(C)OC(=O)N(CCc1ccc(NC(=O)c2cc([N+](=O)[O-])ccc2C(=O)c2ccccc2)cc1)C[C@H](O)c1cccc(Cl)c1. The van der Waals surface area contributed by atoms with E-state index in [9.17, 15) is 29.6 Å². The van der Waals surface area contributed by atoms with E-state index >= 15 is 0 Å². The number of carbonyl (C=O) groups excluding carboxylic acids is 3. The van der Waals surface area contributed by atoms with Crippen molar-refractivity contribution in [2.75, 3.05) is 18.4 Å². The minimum absolute atomic E-state index is 0.0172. The molecule has 4 aromatic carbocycles. The van der Waals surface area contributed by atoms with E-state index in [2.05, 4.69) is 5.32 Å². The number of nitro groups is 1. The molecule has 0 heterocycles. The van der Waals surface area contributed by atoms with Gasteiger partial charge in [0.1, 0.15) is 5.60 Å². The normalized spacial score (nSPS) is 11.8. The van der Waals surface area contributed by atoms with Crippen molar-refractivity contribution in [2.24, 2.45) is 0 Å². The molecule has 0 bridgehead atoms. The van der Waals surface area contributed by atoms with Crippen molar-refractivity contribution in [1.29, 1.82) is 0 Å². The molecule has 0 saturated carbocycles. The van der Waals surface area contributed by atoms with E-state index in [4.69, 9.17) is 16.3 Å². The summed E-state index contributed by atoms with van der Waals surface area (Å²) in [7, 11) is 0. The first-order chi connectivity index (χ1) is 21.8. The Bertz CT molecular complexity index is 1720. The van der Waals surface area contributed by atoms with Gasteiger partial charge in [-0.15, -0.1) is 0 Å². The summed E-state index contributed by atoms with van der Waals surface area (Å²) in [5.41, 5.74) is 0.999. The van der Waals surface area contributed by atoms with Crippen LogP contribution in [0.3, 0.4) is 0 Å². The number of ketones is 1. The Hall–Kier alpha value is -5.06. The molecular weight excluding hydrogens is 610 g/mol. The van der Waals surface area contributed by atoms with Crippen LogP contribution in [0.25, 0.3) is 0 Å². The lowest BCUT2D eigenvalue weighted by Crippen LogP contribution is -2.40. The summed E-state index contributed by atoms with van der Waals surface area (Å²) in [4.78, 5) is 51.7. The van der Waals surface area contributed by atoms with Crippen molar-refractivity contribution in [1.82, 2.24) is 4.90 Å². The second kappa shape index (κ2) is 14.8. The fraction of sp³-hybridized carbons (Fsp3) is 0.229. The molecule has 0 aliphatic carbocycles. The zero-order valence-corrected chi connectivity index (χ0v) is 26.4. The van der Waals surface area contributed by atoms with Gasteiger partial charge in [-0.2, -0.15) is 0 Å². The number of nitrogens with one attached hydrogen (secondary N) is 1. The molecule has 10 nitrogen and oxygen atoms in total. The fourth-order valence-corrected chi connectivity index (χ4v) is 4.80. The van der Waals surface area contributed by atoms with E-state index in [0.717, 1.165) is 11.6 Å². The van der Waals surface area contributed by atoms with Gasteiger partial charge in [-0.3, -0.25) is 19.7 Å². The molecule has 0 fully saturated rings. The van der Waals surface area contributed by atoms with Crippen molar-refractivity contribution >= 4 is 40.8 Å². The summed E-state index contributed by atoms with van der Waals surface area (Å²) in [6, 6.07) is 25.5. The summed E-state index contributed by atoms with van der Waals surface area (Å²) in [5.74, 6) is -1.12. The largest absolute Gasteiger partial charge is 0.444 e. The zero-order chi connectivity index (χ0) is 33.4. The highest BCUT2D eigenvalue weighted by molar-refractivity contribution is 6.30. The monoisotopic (exact) mass is 643 g/mol. The van der Waals surface area contributed by atoms with Crippen molar-refractivity contribution < 1.29 is 29.2 Å². The number of nitrogens with zero attached hydrogens (tertiary/aromatic N) is 2. The van der Waals surface area contributed by atoms with Crippen molar-refractivity contribution in [3.63, 3.8) is 0 Å². The Morgan fingerprint density at radius 1 is 0.935 bits per heavy atom. The maximum absolute atomic E-state index is 13.3. The fourth-order valence-electron chi connectivity index (χ4n) is 4.61. The Morgan fingerprint density at radius 3 is 2.26 bits per heavy atom. The van der Waals surface area contributed by atoms with Gasteiger partial charge < -0.3 is 20.1 Å². The highest BCUT2D eigenvalue weighted by Gasteiger charge is 2.25. The van der Waals surface area contributed by atoms with Crippen LogP contribution in [0.1, 0.15) is 64.3 Å². The molecular formula is C35H34ClN3O7. The van der Waals surface area contributed by atoms with E-state index in [1.54, 1.807) is 99.6 Å². The van der Waals surface area contributed by atoms with E-state index in [1.165, 1.54) is 17.0 Å². The Kier molecular flexibility index (Phi) is 10.9. The molecule has 0 saturated heterocycles. The molecule has 0 unspecified atom stereocenters. The van der Waals surface area contributed by atoms with Crippen LogP contribution in [0.4, 0.5) is 16.2 Å². The molecule has 11 heteroatoms. The number of non-ortho nitro benzene ring substituents is 1. The maximum atomic E-state index is 13.3. The van der Waals surface area contributed by atoms with Crippen LogP contribution in [-0.4, -0.2) is 51.4 Å². The van der Waals surface area contributed by atoms with Crippen LogP contribution in [-0.2, 0) is 11.2 Å². The zero-order valence-electron chi connectivity index (χ0n) is 25.6. The highest BCUT2D eigenvalue weighted by Crippen LogP contribution is 2.24. The number of hydrogen-bond acceptors (Lipinski definition) is 7. The smallest absolute Gasteiger partial charge is 0.410 e. The molecule has 0 aliphatic rings. The average molecular weight is 644 g/mol. The molecule has 2 amide bonds. The number of anilines is 1. The second-order valence-corrected chi connectivity index (χ2v) is 12.0. The molecule has 1 atom stereocenters. The standard InChI is InChI=1S/C35H34ClN3O7/c1-35(2,3)46-34(43)38(22-31(40)25-10-7-11-26(36)20-25)19-18-23-12-14-27(15-13-23)37-33(42)30-21-28(39(44)45)16-17-29(30)32(41)24-8-5-4-6-9-24/h4-17,20-21,31,40H,18-19,22H2,1-3H3,(H,37,42)/t31-/m0/s1. The number of aliphatic hydroxyl groups is 1. The summed E-state index contributed by atoms with van der Waals surface area (Å²) < 4.78 is 5.57. The van der Waals surface area contributed by atoms with E-state index in [-0.39, 0.29) is 29.9 Å². The summed E-state index contributed by atoms with van der Waals surface area (Å²) in [6.45, 7) is 5.50. The van der Waals surface area contributed by atoms with Crippen LogP contribution in [0.5, 0.6) is 0 Å². The first-order valence-electron chi connectivity index (χ1n) is 14.5. The second-order valence-electron chi connectivity index (χ2n) is 11.6. The number of halogens is 1. The number of amides is 2. The minimum Gasteiger partial charge on any atom is -0.444 e. The van der Waals surface area contributed by atoms with Gasteiger partial charge in [-0.05, 0) is 68.7 Å². The third kappa shape index (κ3) is 9.23. The number of rotatable bonds is 11. The molecule has 0 aromatic heterocycles. The van der Waals surface area contributed by atoms with Gasteiger partial charge in [0.2, 0.25) is 0 Å². The summed E-state index contributed by atoms with van der Waals surface area (Å²) >= 11 is 6.08. The molecule has 46 heavy (non-hydrogen) atoms. The predicted molar refractivity (Wildman–Crippen MR) is 175 cm³/mol. The van der Waals surface area contributed by atoms with Crippen molar-refractivity contribution in [3.05, 3.63) is 140 Å². The van der Waals surface area contributed by atoms with Gasteiger partial charge in [-0.1, -0.05) is 66.2 Å². The van der Waals surface area contributed by atoms with Gasteiger partial charge in [-0.25, -0.2) is 4.79 Å². The number of carbonyl (C=O) groups is 3. The van der Waals surface area contributed by atoms with Crippen LogP contribution in [0.15, 0.2) is 97.1 Å². The van der Waals surface area contributed by atoms with Gasteiger partial charge in [0.15, 0.2) is 5.78 Å². The quantitative estimate of drug-likeness (QED) is 0.0997. The topological polar surface area (TPSA) is 139 Å². The molecule has 0 radical (unpaired) electrons. The molecule has 2 N–H and O–H groups in total. The molecule has 0 spiro atoms. The molecule has 4 rings (SSSR count). The van der Waals surface area contributed by atoms with Gasteiger partial charge >= 0.3 is 6.09 Å². The molecule has 4 aromatic rings. The van der Waals surface area contributed by atoms with Crippen molar-refractivity contribution in [2.45, 2.75) is 38.9 Å². The Morgan fingerprint density at radius 2 is 1.63 bits per heavy atom. The van der Waals surface area contributed by atoms with Gasteiger partial charge in [0, 0.05) is 40.5 Å². The first-order valence-corrected chi connectivity index (χ1v) is 14.9. The van der Waals surface area contributed by atoms with Gasteiger partial charge in [0.05, 0.1) is 23.1 Å². The average Bonchev–Trinajstić information content (AvgIpc) is 3.02. The van der Waals surface area contributed by atoms with Crippen LogP contribution >= 0.6 is 11.6 Å². The van der Waals surface area contributed by atoms with Crippen LogP contribution in [0, 0.1) is 10.1 Å². The first kappa shape index (κ1) is 33.8. The van der Waals surface area contributed by atoms with Gasteiger partial charge in [0.25, 0.3) is 11.6 Å². The summed E-state index contributed by atoms with van der Waals surface area (Å²) in [5, 5.41) is 25.4. The Labute approximate surface area is 271 Å². The number of nitro benzene ring substituents is 1. The lowest BCUT2D eigenvalue weighted by Gasteiger charge is -2.29. The minimum atomic E-state index is -0.990. The highest BCUT2D eigenvalue weighted by atomic mass is 35.5. The number of benzene rings is 4. The predicted octanol–water partition coefficient (Wildman–Crippen LogP) is 7.24. The lowest BCUT2D eigenvalue weighted by atomic mass is 9.97. The Balaban J connectivity index is 1.47. The van der Waals surface area contributed by atoms with E-state index < -0.39 is 34.4 Å². The molecule has 0 aliphatic heterocycles. The lowest BCUT2D eigenvalue weighted by molar-refractivity contribution is -0.384. The van der Waals surface area contributed by atoms with E-state index in [0.29, 0.717) is 28.3 Å². The van der Waals surface area contributed by atoms with Crippen molar-refractivity contribution in [3.8, 4) is 0 Å². The van der Waals surface area contributed by atoms with Crippen LogP contribution in [0.2, 0.25) is 5.02 Å². The molecule has 238 valence electrons. The third-order valence-corrected chi connectivity index (χ3v) is 7.13.